The quantitative estimate of drug-likeness (QED) is 0.480. The first-order valence-corrected chi connectivity index (χ1v) is 11.9. The Hall–Kier alpha value is -2.30. The predicted octanol–water partition coefficient (Wildman–Crippen LogP) is 7.70. The van der Waals surface area contributed by atoms with Crippen LogP contribution in [0.4, 0.5) is 4.39 Å². The summed E-state index contributed by atoms with van der Waals surface area (Å²) in [6.45, 7) is 18.1. The Morgan fingerprint density at radius 3 is 1.91 bits per heavy atom. The number of aryl methyl sites for hydroxylation is 2. The van der Waals surface area contributed by atoms with Crippen LogP contribution >= 0.6 is 11.8 Å². The molecule has 174 valence electrons. The van der Waals surface area contributed by atoms with Crippen molar-refractivity contribution in [3.8, 4) is 0 Å². The van der Waals surface area contributed by atoms with Gasteiger partial charge in [-0.15, -0.1) is 0 Å². The Balaban J connectivity index is 0.000000295. The summed E-state index contributed by atoms with van der Waals surface area (Å²) in [5, 5.41) is 0. The highest BCUT2D eigenvalue weighted by Gasteiger charge is 2.15. The van der Waals surface area contributed by atoms with Crippen molar-refractivity contribution >= 4 is 17.3 Å². The Morgan fingerprint density at radius 2 is 1.53 bits per heavy atom. The van der Waals surface area contributed by atoms with E-state index in [1.165, 1.54) is 55.7 Å². The average Bonchev–Trinajstić information content (AvgIpc) is 2.73. The van der Waals surface area contributed by atoms with E-state index in [0.717, 1.165) is 15.4 Å². The molecule has 2 aromatic carbocycles. The number of nitrogens with two attached hydrogens (primary N) is 1. The van der Waals surface area contributed by atoms with Crippen LogP contribution in [0.3, 0.4) is 0 Å². The van der Waals surface area contributed by atoms with Gasteiger partial charge in [0.05, 0.1) is 0 Å². The number of hydrogen-bond donors (Lipinski definition) is 1. The molecule has 0 aliphatic carbocycles. The molecule has 1 aliphatic heterocycles. The zero-order valence-electron chi connectivity index (χ0n) is 20.4. The Kier molecular flexibility index (Phi) is 12.7. The van der Waals surface area contributed by atoms with Crippen LogP contribution in [0.25, 0.3) is 5.57 Å². The monoisotopic (exact) mass is 454 g/mol. The zero-order chi connectivity index (χ0) is 24.1. The van der Waals surface area contributed by atoms with Gasteiger partial charge in [0, 0.05) is 16.2 Å². The number of nitrogens with zero attached hydrogens (tertiary/aromatic N) is 1. The van der Waals surface area contributed by atoms with E-state index in [-0.39, 0.29) is 5.82 Å². The van der Waals surface area contributed by atoms with Crippen LogP contribution in [0.5, 0.6) is 0 Å². The van der Waals surface area contributed by atoms with E-state index in [9.17, 15) is 4.39 Å². The van der Waals surface area contributed by atoms with Gasteiger partial charge in [0.15, 0.2) is 0 Å². The lowest BCUT2D eigenvalue weighted by Crippen LogP contribution is -2.24. The molecule has 1 heterocycles. The third-order valence-corrected chi connectivity index (χ3v) is 6.07. The smallest absolute Gasteiger partial charge is 0.131 e. The lowest BCUT2D eigenvalue weighted by Gasteiger charge is -2.20. The maximum absolute atomic E-state index is 13.9. The molecule has 0 spiro atoms. The summed E-state index contributed by atoms with van der Waals surface area (Å²) in [6.07, 6.45) is 4.28. The largest absolute Gasteiger partial charge is 0.401 e. The first-order chi connectivity index (χ1) is 15.1. The van der Waals surface area contributed by atoms with Crippen molar-refractivity contribution < 1.29 is 4.39 Å². The molecule has 32 heavy (non-hydrogen) atoms. The molecule has 0 unspecified atom stereocenters. The van der Waals surface area contributed by atoms with Crippen molar-refractivity contribution in [2.75, 3.05) is 20.1 Å². The molecular formula is C28H39FN2S. The molecule has 2 aromatic rings. The molecule has 2 N–H and O–H groups in total. The fourth-order valence-electron chi connectivity index (χ4n) is 3.27. The number of likely N-dealkylation sites (tertiary alicyclic amines) is 1. The van der Waals surface area contributed by atoms with Gasteiger partial charge in [-0.2, -0.15) is 0 Å². The van der Waals surface area contributed by atoms with Crippen LogP contribution in [0.15, 0.2) is 77.2 Å². The number of piperidine rings is 1. The van der Waals surface area contributed by atoms with E-state index in [0.29, 0.717) is 16.8 Å². The second-order valence-electron chi connectivity index (χ2n) is 8.25. The minimum absolute atomic E-state index is 0.277. The summed E-state index contributed by atoms with van der Waals surface area (Å²) in [5.41, 5.74) is 9.78. The average molecular weight is 455 g/mol. The third-order valence-electron chi connectivity index (χ3n) is 4.95. The van der Waals surface area contributed by atoms with Gasteiger partial charge < -0.3 is 10.6 Å². The number of rotatable bonds is 4. The maximum atomic E-state index is 13.9. The molecule has 0 atom stereocenters. The van der Waals surface area contributed by atoms with Gasteiger partial charge in [-0.1, -0.05) is 79.4 Å². The molecule has 0 amide bonds. The highest BCUT2D eigenvalue weighted by Crippen LogP contribution is 2.37. The third kappa shape index (κ3) is 10.3. The van der Waals surface area contributed by atoms with Gasteiger partial charge in [0.2, 0.25) is 0 Å². The summed E-state index contributed by atoms with van der Waals surface area (Å²) < 4.78 is 13.9. The van der Waals surface area contributed by atoms with E-state index in [1.807, 2.05) is 38.1 Å². The van der Waals surface area contributed by atoms with Crippen LogP contribution in [0.1, 0.15) is 49.8 Å². The molecule has 1 saturated heterocycles. The lowest BCUT2D eigenvalue weighted by molar-refractivity contribution is 0.277. The molecule has 1 aliphatic rings. The first kappa shape index (κ1) is 27.7. The van der Waals surface area contributed by atoms with E-state index in [4.69, 9.17) is 5.73 Å². The van der Waals surface area contributed by atoms with Gasteiger partial charge in [0.25, 0.3) is 0 Å². The van der Waals surface area contributed by atoms with Crippen LogP contribution in [-0.2, 0) is 0 Å². The second kappa shape index (κ2) is 14.7. The molecule has 3 rings (SSSR count). The van der Waals surface area contributed by atoms with Crippen molar-refractivity contribution in [2.24, 2.45) is 5.73 Å². The minimum Gasteiger partial charge on any atom is -0.401 e. The standard InChI is InChI=1S/C15H18FNS.C7H8.C6H13N/c1-9(2)18-15(12(5)17)11(4)14-10(3)7-6-8-13(14)16;2*1-7-5-3-2-4-6-7/h6-8H,1,4,17H2,2-3,5H3;2-6H,1H3;2-6H2,1H3/b15-12+;;. The summed E-state index contributed by atoms with van der Waals surface area (Å²) >= 11 is 1.42. The number of hydrogen-bond acceptors (Lipinski definition) is 3. The molecule has 0 bridgehead atoms. The molecule has 0 aromatic heterocycles. The summed E-state index contributed by atoms with van der Waals surface area (Å²) in [7, 11) is 2.19. The molecule has 4 heteroatoms. The summed E-state index contributed by atoms with van der Waals surface area (Å²) in [4.78, 5) is 4.06. The predicted molar refractivity (Wildman–Crippen MR) is 142 cm³/mol. The van der Waals surface area contributed by atoms with E-state index >= 15 is 0 Å². The molecule has 2 nitrogen and oxygen atoms in total. The SMILES string of the molecule is C=C(C)S/C(C(=C)c1c(C)cccc1F)=C(\C)N.CN1CCCCC1.Cc1ccccc1. The van der Waals surface area contributed by atoms with E-state index in [2.05, 4.69) is 44.2 Å². The fourth-order valence-corrected chi connectivity index (χ4v) is 4.00. The van der Waals surface area contributed by atoms with Gasteiger partial charge in [-0.05, 0) is 82.8 Å². The molecule has 0 radical (unpaired) electrons. The topological polar surface area (TPSA) is 29.3 Å². The fraction of sp³-hybridized carbons (Fsp3) is 0.357. The number of thioether (sulfide) groups is 1. The normalized spacial score (nSPS) is 14.2. The lowest BCUT2D eigenvalue weighted by atomic mass is 10.0. The first-order valence-electron chi connectivity index (χ1n) is 11.1. The van der Waals surface area contributed by atoms with Gasteiger partial charge in [0.1, 0.15) is 5.82 Å². The second-order valence-corrected chi connectivity index (χ2v) is 9.55. The van der Waals surface area contributed by atoms with Crippen molar-refractivity contribution in [1.29, 1.82) is 0 Å². The van der Waals surface area contributed by atoms with Gasteiger partial charge in [-0.25, -0.2) is 4.39 Å². The van der Waals surface area contributed by atoms with Crippen LogP contribution in [0, 0.1) is 19.7 Å². The molecule has 0 saturated carbocycles. The van der Waals surface area contributed by atoms with Crippen molar-refractivity contribution in [3.63, 3.8) is 0 Å². The Labute approximate surface area is 199 Å². The summed E-state index contributed by atoms with van der Waals surface area (Å²) in [6, 6.07) is 15.2. The van der Waals surface area contributed by atoms with Crippen molar-refractivity contribution in [1.82, 2.24) is 4.90 Å². The zero-order valence-corrected chi connectivity index (χ0v) is 21.2. The Bertz CT molecular complexity index is 873. The van der Waals surface area contributed by atoms with Gasteiger partial charge in [-0.3, -0.25) is 0 Å². The minimum atomic E-state index is -0.277. The number of benzene rings is 2. The number of halogens is 1. The maximum Gasteiger partial charge on any atom is 0.131 e. The number of allylic oxidation sites excluding steroid dienone is 3. The van der Waals surface area contributed by atoms with Crippen LogP contribution in [-0.4, -0.2) is 25.0 Å². The highest BCUT2D eigenvalue weighted by atomic mass is 32.2. The van der Waals surface area contributed by atoms with Gasteiger partial charge >= 0.3 is 0 Å². The van der Waals surface area contributed by atoms with Crippen molar-refractivity contribution in [3.05, 3.63) is 99.7 Å². The Morgan fingerprint density at radius 1 is 0.938 bits per heavy atom. The van der Waals surface area contributed by atoms with E-state index in [1.54, 1.807) is 13.0 Å². The van der Waals surface area contributed by atoms with Crippen LogP contribution in [0.2, 0.25) is 0 Å². The van der Waals surface area contributed by atoms with Crippen molar-refractivity contribution in [2.45, 2.75) is 47.0 Å². The van der Waals surface area contributed by atoms with Crippen LogP contribution < -0.4 is 5.73 Å². The molecule has 1 fully saturated rings. The highest BCUT2D eigenvalue weighted by molar-refractivity contribution is 8.07. The molecular weight excluding hydrogens is 415 g/mol. The van der Waals surface area contributed by atoms with E-state index < -0.39 is 0 Å². The summed E-state index contributed by atoms with van der Waals surface area (Å²) in [5.74, 6) is -0.277.